The maximum Gasteiger partial charge on any atom is 0.149 e. The number of hydrogen-bond donors (Lipinski definition) is 0. The molecule has 0 fully saturated rings. The molecule has 0 saturated heterocycles. The van der Waals surface area contributed by atoms with Gasteiger partial charge in [-0.05, 0) is 46.9 Å². The molecule has 20 heavy (non-hydrogen) atoms. The fourth-order valence-corrected chi connectivity index (χ4v) is 2.32. The highest BCUT2D eigenvalue weighted by molar-refractivity contribution is 14.1. The van der Waals surface area contributed by atoms with Crippen molar-refractivity contribution in [3.63, 3.8) is 0 Å². The molecule has 5 heteroatoms. The maximum absolute atomic E-state index is 13.5. The van der Waals surface area contributed by atoms with E-state index in [2.05, 4.69) is 4.98 Å². The third-order valence-electron chi connectivity index (χ3n) is 2.78. The average Bonchev–Trinajstić information content (AvgIpc) is 2.44. The van der Waals surface area contributed by atoms with Crippen LogP contribution in [0.3, 0.4) is 0 Å². The van der Waals surface area contributed by atoms with E-state index < -0.39 is 0 Å². The van der Waals surface area contributed by atoms with Crippen molar-refractivity contribution in [3.05, 3.63) is 63.9 Å². The zero-order valence-corrected chi connectivity index (χ0v) is 12.3. The number of nitrogens with zero attached hydrogens (tertiary/aromatic N) is 1. The fraction of sp³-hybridized carbons (Fsp3) is 0. The molecule has 0 amide bonds. The van der Waals surface area contributed by atoms with Gasteiger partial charge in [0.05, 0.1) is 9.77 Å². The molecule has 0 aliphatic rings. The molecule has 0 bridgehead atoms. The molecule has 1 aromatic heterocycles. The number of hydrogen-bond acceptors (Lipinski definition) is 2. The molecule has 2 nitrogen and oxygen atoms in total. The van der Waals surface area contributed by atoms with E-state index in [0.717, 1.165) is 0 Å². The molecule has 2 aromatic carbocycles. The number of rotatable bonds is 2. The molecular formula is C15H8F2INO. The van der Waals surface area contributed by atoms with Gasteiger partial charge < -0.3 is 4.74 Å². The van der Waals surface area contributed by atoms with Crippen LogP contribution in [0.5, 0.6) is 11.5 Å². The Hall–Kier alpha value is -1.76. The SMILES string of the molecule is Fc1cccc(Oc2cnc3c(F)cccc3c2)c1I. The van der Waals surface area contributed by atoms with Gasteiger partial charge in [-0.3, -0.25) is 0 Å². The Morgan fingerprint density at radius 3 is 2.60 bits per heavy atom. The lowest BCUT2D eigenvalue weighted by Crippen LogP contribution is -1.92. The Bertz CT molecular complexity index is 792. The predicted octanol–water partition coefficient (Wildman–Crippen LogP) is 4.91. The lowest BCUT2D eigenvalue weighted by atomic mass is 10.2. The van der Waals surface area contributed by atoms with Gasteiger partial charge in [0.25, 0.3) is 0 Å². The van der Waals surface area contributed by atoms with E-state index in [0.29, 0.717) is 20.5 Å². The topological polar surface area (TPSA) is 22.1 Å². The van der Waals surface area contributed by atoms with E-state index in [4.69, 9.17) is 4.74 Å². The number of aromatic nitrogens is 1. The normalized spacial score (nSPS) is 10.8. The molecule has 0 unspecified atom stereocenters. The van der Waals surface area contributed by atoms with Crippen LogP contribution in [0, 0.1) is 15.2 Å². The van der Waals surface area contributed by atoms with Crippen LogP contribution in [0.15, 0.2) is 48.7 Å². The zero-order chi connectivity index (χ0) is 14.1. The van der Waals surface area contributed by atoms with Crippen LogP contribution in [0.1, 0.15) is 0 Å². The van der Waals surface area contributed by atoms with Crippen molar-refractivity contribution in [3.8, 4) is 11.5 Å². The maximum atomic E-state index is 13.5. The van der Waals surface area contributed by atoms with Gasteiger partial charge in [0, 0.05) is 5.39 Å². The number of fused-ring (bicyclic) bond motifs is 1. The Morgan fingerprint density at radius 2 is 1.75 bits per heavy atom. The highest BCUT2D eigenvalue weighted by Gasteiger charge is 2.09. The lowest BCUT2D eigenvalue weighted by molar-refractivity contribution is 0.470. The first-order valence-electron chi connectivity index (χ1n) is 5.81. The minimum atomic E-state index is -0.380. The summed E-state index contributed by atoms with van der Waals surface area (Å²) >= 11 is 1.87. The highest BCUT2D eigenvalue weighted by Crippen LogP contribution is 2.29. The van der Waals surface area contributed by atoms with E-state index in [9.17, 15) is 8.78 Å². The molecule has 0 saturated carbocycles. The second-order valence-electron chi connectivity index (χ2n) is 4.14. The van der Waals surface area contributed by atoms with Crippen LogP contribution < -0.4 is 4.74 Å². The van der Waals surface area contributed by atoms with Crippen molar-refractivity contribution < 1.29 is 13.5 Å². The van der Waals surface area contributed by atoms with Crippen molar-refractivity contribution in [2.75, 3.05) is 0 Å². The first-order valence-corrected chi connectivity index (χ1v) is 6.89. The van der Waals surface area contributed by atoms with Crippen LogP contribution in [-0.2, 0) is 0 Å². The minimum Gasteiger partial charge on any atom is -0.455 e. The summed E-state index contributed by atoms with van der Waals surface area (Å²) in [6.07, 6.45) is 1.42. The zero-order valence-electron chi connectivity index (χ0n) is 10.1. The van der Waals surface area contributed by atoms with E-state index in [1.165, 1.54) is 18.3 Å². The smallest absolute Gasteiger partial charge is 0.149 e. The fourth-order valence-electron chi connectivity index (χ4n) is 1.85. The van der Waals surface area contributed by atoms with Gasteiger partial charge >= 0.3 is 0 Å². The van der Waals surface area contributed by atoms with E-state index in [-0.39, 0.29) is 17.2 Å². The largest absolute Gasteiger partial charge is 0.455 e. The Balaban J connectivity index is 2.01. The van der Waals surface area contributed by atoms with Crippen LogP contribution in [-0.4, -0.2) is 4.98 Å². The average molecular weight is 383 g/mol. The number of benzene rings is 2. The molecule has 0 radical (unpaired) electrons. The van der Waals surface area contributed by atoms with Crippen LogP contribution in [0.4, 0.5) is 8.78 Å². The van der Waals surface area contributed by atoms with Crippen molar-refractivity contribution >= 4 is 33.5 Å². The second-order valence-corrected chi connectivity index (χ2v) is 5.22. The van der Waals surface area contributed by atoms with Gasteiger partial charge in [0.1, 0.15) is 28.7 Å². The summed E-state index contributed by atoms with van der Waals surface area (Å²) in [5.41, 5.74) is 0.286. The molecule has 0 aliphatic heterocycles. The number of halogens is 3. The highest BCUT2D eigenvalue weighted by atomic mass is 127. The Labute approximate surface area is 127 Å². The van der Waals surface area contributed by atoms with Crippen molar-refractivity contribution in [1.82, 2.24) is 4.98 Å². The van der Waals surface area contributed by atoms with Crippen LogP contribution in [0.2, 0.25) is 0 Å². The molecule has 0 N–H and O–H groups in total. The van der Waals surface area contributed by atoms with Gasteiger partial charge in [-0.2, -0.15) is 0 Å². The minimum absolute atomic E-state index is 0.286. The third-order valence-corrected chi connectivity index (χ3v) is 3.83. The number of ether oxygens (including phenoxy) is 1. The Kier molecular flexibility index (Phi) is 3.52. The van der Waals surface area contributed by atoms with Gasteiger partial charge in [0.2, 0.25) is 0 Å². The summed E-state index contributed by atoms with van der Waals surface area (Å²) in [6, 6.07) is 11.0. The number of pyridine rings is 1. The molecular weight excluding hydrogens is 375 g/mol. The first kappa shape index (κ1) is 13.2. The van der Waals surface area contributed by atoms with E-state index in [1.54, 1.807) is 30.3 Å². The van der Waals surface area contributed by atoms with Crippen molar-refractivity contribution in [2.45, 2.75) is 0 Å². The molecule has 100 valence electrons. The molecule has 3 rings (SSSR count). The summed E-state index contributed by atoms with van der Waals surface area (Å²) < 4.78 is 32.9. The Morgan fingerprint density at radius 1 is 1.00 bits per heavy atom. The predicted molar refractivity (Wildman–Crippen MR) is 80.9 cm³/mol. The molecule has 1 heterocycles. The monoisotopic (exact) mass is 383 g/mol. The van der Waals surface area contributed by atoms with Gasteiger partial charge in [0.15, 0.2) is 0 Å². The summed E-state index contributed by atoms with van der Waals surface area (Å²) in [7, 11) is 0. The molecule has 0 atom stereocenters. The molecule has 0 aliphatic carbocycles. The van der Waals surface area contributed by atoms with E-state index >= 15 is 0 Å². The van der Waals surface area contributed by atoms with Gasteiger partial charge in [-0.15, -0.1) is 0 Å². The summed E-state index contributed by atoms with van der Waals surface area (Å²) in [5.74, 6) is 0.118. The molecule has 0 spiro atoms. The van der Waals surface area contributed by atoms with Crippen LogP contribution >= 0.6 is 22.6 Å². The lowest BCUT2D eigenvalue weighted by Gasteiger charge is -2.08. The second kappa shape index (κ2) is 5.32. The first-order chi connectivity index (χ1) is 9.65. The quantitative estimate of drug-likeness (QED) is 0.587. The summed E-state index contributed by atoms with van der Waals surface area (Å²) in [6.45, 7) is 0. The van der Waals surface area contributed by atoms with E-state index in [1.807, 2.05) is 22.6 Å². The summed E-state index contributed by atoms with van der Waals surface area (Å²) in [5, 5.41) is 0.633. The standard InChI is InChI=1S/C15H8F2INO/c16-11-4-2-6-13(14(11)18)20-10-7-9-3-1-5-12(17)15(9)19-8-10/h1-8H. The van der Waals surface area contributed by atoms with Crippen LogP contribution in [0.25, 0.3) is 10.9 Å². The van der Waals surface area contributed by atoms with Crippen molar-refractivity contribution in [1.29, 1.82) is 0 Å². The molecule has 3 aromatic rings. The van der Waals surface area contributed by atoms with Gasteiger partial charge in [-0.1, -0.05) is 18.2 Å². The van der Waals surface area contributed by atoms with Crippen molar-refractivity contribution in [2.24, 2.45) is 0 Å². The van der Waals surface area contributed by atoms with Gasteiger partial charge in [-0.25, -0.2) is 13.8 Å². The third kappa shape index (κ3) is 2.45. The number of para-hydroxylation sites is 1. The summed E-state index contributed by atoms with van der Waals surface area (Å²) in [4.78, 5) is 4.03.